The van der Waals surface area contributed by atoms with Crippen LogP contribution in [0.1, 0.15) is 64.1 Å². The van der Waals surface area contributed by atoms with Crippen LogP contribution >= 0.6 is 11.8 Å². The van der Waals surface area contributed by atoms with Crippen LogP contribution in [0.5, 0.6) is 0 Å². The lowest BCUT2D eigenvalue weighted by molar-refractivity contribution is 0.0947. The van der Waals surface area contributed by atoms with E-state index in [0.29, 0.717) is 53.8 Å². The number of thioether (sulfide) groups is 1. The Morgan fingerprint density at radius 1 is 1.27 bits per heavy atom. The van der Waals surface area contributed by atoms with E-state index >= 15 is 0 Å². The minimum absolute atomic E-state index is 0.00983. The number of hydrogen-bond donors (Lipinski definition) is 2. The van der Waals surface area contributed by atoms with E-state index in [1.807, 2.05) is 0 Å². The summed E-state index contributed by atoms with van der Waals surface area (Å²) in [5.74, 6) is 0.550. The Kier molecular flexibility index (Phi) is 8.11. The molecule has 2 aromatic rings. The minimum atomic E-state index is -0.542. The molecule has 180 valence electrons. The number of aromatic nitrogens is 2. The van der Waals surface area contributed by atoms with Crippen molar-refractivity contribution in [1.29, 1.82) is 0 Å². The zero-order valence-corrected chi connectivity index (χ0v) is 20.0. The van der Waals surface area contributed by atoms with Gasteiger partial charge in [-0.25, -0.2) is 14.2 Å². The SMILES string of the molecule is CCCCOC(=O)N1CCC(SCc2nc3cc(NC4CCCC4)cc(F)c3c(=O)[nH]2)CC1. The molecule has 1 saturated heterocycles. The van der Waals surface area contributed by atoms with Gasteiger partial charge in [0, 0.05) is 30.1 Å². The number of rotatable bonds is 8. The zero-order chi connectivity index (χ0) is 23.2. The summed E-state index contributed by atoms with van der Waals surface area (Å²) in [6.07, 6.45) is 7.94. The number of unbranched alkanes of at least 4 members (excludes halogenated alkanes) is 1. The fourth-order valence-electron chi connectivity index (χ4n) is 4.53. The molecule has 2 aliphatic rings. The summed E-state index contributed by atoms with van der Waals surface area (Å²) in [4.78, 5) is 33.7. The van der Waals surface area contributed by atoms with Gasteiger partial charge in [-0.3, -0.25) is 4.79 Å². The second-order valence-electron chi connectivity index (χ2n) is 8.96. The number of H-pyrrole nitrogens is 1. The molecule has 0 bridgehead atoms. The van der Waals surface area contributed by atoms with Crippen LogP contribution in [-0.4, -0.2) is 51.9 Å². The Bertz CT molecular complexity index is 1020. The molecule has 1 aliphatic heterocycles. The lowest BCUT2D eigenvalue weighted by Gasteiger charge is -2.30. The molecule has 2 N–H and O–H groups in total. The smallest absolute Gasteiger partial charge is 0.409 e. The third-order valence-electron chi connectivity index (χ3n) is 6.42. The van der Waals surface area contributed by atoms with Crippen molar-refractivity contribution in [2.24, 2.45) is 0 Å². The summed E-state index contributed by atoms with van der Waals surface area (Å²) in [6, 6.07) is 3.53. The minimum Gasteiger partial charge on any atom is -0.449 e. The van der Waals surface area contributed by atoms with Crippen LogP contribution in [0.4, 0.5) is 14.9 Å². The number of hydrogen-bond acceptors (Lipinski definition) is 6. The second kappa shape index (κ2) is 11.2. The Hall–Kier alpha value is -2.29. The Morgan fingerprint density at radius 3 is 2.76 bits per heavy atom. The van der Waals surface area contributed by atoms with Crippen molar-refractivity contribution in [3.8, 4) is 0 Å². The van der Waals surface area contributed by atoms with Gasteiger partial charge in [0.25, 0.3) is 5.56 Å². The van der Waals surface area contributed by atoms with Gasteiger partial charge >= 0.3 is 6.09 Å². The molecule has 2 heterocycles. The maximum atomic E-state index is 14.6. The van der Waals surface area contributed by atoms with Crippen molar-refractivity contribution in [3.63, 3.8) is 0 Å². The van der Waals surface area contributed by atoms with Gasteiger partial charge in [-0.15, -0.1) is 0 Å². The van der Waals surface area contributed by atoms with Crippen LogP contribution in [0.3, 0.4) is 0 Å². The predicted octanol–water partition coefficient (Wildman–Crippen LogP) is 5.05. The number of nitrogens with zero attached hydrogens (tertiary/aromatic N) is 2. The van der Waals surface area contributed by atoms with E-state index in [-0.39, 0.29) is 11.5 Å². The van der Waals surface area contributed by atoms with E-state index in [0.717, 1.165) is 38.5 Å². The molecule has 0 spiro atoms. The maximum absolute atomic E-state index is 14.6. The highest BCUT2D eigenvalue weighted by molar-refractivity contribution is 7.99. The number of piperidine rings is 1. The average molecular weight is 477 g/mol. The van der Waals surface area contributed by atoms with Gasteiger partial charge in [-0.2, -0.15) is 11.8 Å². The molecule has 1 aliphatic carbocycles. The Labute approximate surface area is 197 Å². The van der Waals surface area contributed by atoms with Gasteiger partial charge < -0.3 is 19.9 Å². The summed E-state index contributed by atoms with van der Waals surface area (Å²) < 4.78 is 19.9. The van der Waals surface area contributed by atoms with Crippen LogP contribution in [0, 0.1) is 5.82 Å². The molecule has 1 amide bonds. The number of benzene rings is 1. The average Bonchev–Trinajstić information content (AvgIpc) is 3.30. The molecule has 33 heavy (non-hydrogen) atoms. The first-order chi connectivity index (χ1) is 16.0. The van der Waals surface area contributed by atoms with E-state index in [1.54, 1.807) is 22.7 Å². The van der Waals surface area contributed by atoms with Gasteiger partial charge in [0.05, 0.1) is 17.9 Å². The number of nitrogens with one attached hydrogen (secondary N) is 2. The van der Waals surface area contributed by atoms with E-state index in [4.69, 9.17) is 4.74 Å². The largest absolute Gasteiger partial charge is 0.449 e. The molecule has 7 nitrogen and oxygen atoms in total. The van der Waals surface area contributed by atoms with E-state index in [1.165, 1.54) is 18.9 Å². The maximum Gasteiger partial charge on any atom is 0.409 e. The molecule has 1 saturated carbocycles. The highest BCUT2D eigenvalue weighted by atomic mass is 32.2. The number of anilines is 1. The second-order valence-corrected chi connectivity index (χ2v) is 10.2. The predicted molar refractivity (Wildman–Crippen MR) is 130 cm³/mol. The van der Waals surface area contributed by atoms with Crippen molar-refractivity contribution in [2.75, 3.05) is 25.0 Å². The molecule has 4 rings (SSSR count). The van der Waals surface area contributed by atoms with Crippen molar-refractivity contribution >= 4 is 34.4 Å². The van der Waals surface area contributed by atoms with Crippen LogP contribution in [0.15, 0.2) is 16.9 Å². The number of likely N-dealkylation sites (tertiary alicyclic amines) is 1. The quantitative estimate of drug-likeness (QED) is 0.519. The number of aromatic amines is 1. The van der Waals surface area contributed by atoms with E-state index < -0.39 is 11.4 Å². The van der Waals surface area contributed by atoms with Gasteiger partial charge in [0.1, 0.15) is 17.0 Å². The first kappa shape index (κ1) is 23.9. The lowest BCUT2D eigenvalue weighted by Crippen LogP contribution is -2.39. The number of ether oxygens (including phenoxy) is 1. The first-order valence-electron chi connectivity index (χ1n) is 12.1. The normalized spacial score (nSPS) is 17.6. The number of amides is 1. The summed E-state index contributed by atoms with van der Waals surface area (Å²) in [6.45, 7) is 3.89. The highest BCUT2D eigenvalue weighted by Crippen LogP contribution is 2.28. The molecule has 2 fully saturated rings. The number of carbonyl (C=O) groups is 1. The van der Waals surface area contributed by atoms with Gasteiger partial charge in [0.15, 0.2) is 0 Å². The van der Waals surface area contributed by atoms with Crippen LogP contribution < -0.4 is 10.9 Å². The summed E-state index contributed by atoms with van der Waals surface area (Å²) >= 11 is 1.72. The molecular weight excluding hydrogens is 443 g/mol. The topological polar surface area (TPSA) is 87.3 Å². The first-order valence-corrected chi connectivity index (χ1v) is 13.1. The van der Waals surface area contributed by atoms with Crippen LogP contribution in [0.25, 0.3) is 10.9 Å². The third-order valence-corrected chi connectivity index (χ3v) is 7.80. The standard InChI is InChI=1S/C24H33FN4O3S/c1-2-3-12-32-24(31)29-10-8-18(9-11-29)33-15-21-27-20-14-17(26-16-6-4-5-7-16)13-19(25)22(20)23(30)28-21/h13-14,16,18,26H,2-12,15H2,1H3,(H,27,28,30). The van der Waals surface area contributed by atoms with Crippen LogP contribution in [-0.2, 0) is 10.5 Å². The van der Waals surface area contributed by atoms with Crippen molar-refractivity contribution in [3.05, 3.63) is 34.1 Å². The van der Waals surface area contributed by atoms with Gasteiger partial charge in [-0.05, 0) is 44.2 Å². The van der Waals surface area contributed by atoms with E-state index in [2.05, 4.69) is 22.2 Å². The molecule has 1 aromatic carbocycles. The number of carbonyl (C=O) groups excluding carboxylic acids is 1. The van der Waals surface area contributed by atoms with Crippen LogP contribution in [0.2, 0.25) is 0 Å². The molecule has 0 atom stereocenters. The highest BCUT2D eigenvalue weighted by Gasteiger charge is 2.24. The molecule has 0 unspecified atom stereocenters. The van der Waals surface area contributed by atoms with Crippen molar-refractivity contribution < 1.29 is 13.9 Å². The molecule has 9 heteroatoms. The van der Waals surface area contributed by atoms with Crippen molar-refractivity contribution in [1.82, 2.24) is 14.9 Å². The van der Waals surface area contributed by atoms with Gasteiger partial charge in [0.2, 0.25) is 0 Å². The fourth-order valence-corrected chi connectivity index (χ4v) is 5.60. The van der Waals surface area contributed by atoms with E-state index in [9.17, 15) is 14.0 Å². The zero-order valence-electron chi connectivity index (χ0n) is 19.2. The molecular formula is C24H33FN4O3S. The fraction of sp³-hybridized carbons (Fsp3) is 0.625. The lowest BCUT2D eigenvalue weighted by atomic mass is 10.1. The number of fused-ring (bicyclic) bond motifs is 1. The summed E-state index contributed by atoms with van der Waals surface area (Å²) in [5, 5.41) is 3.77. The third kappa shape index (κ3) is 6.19. The number of halogens is 1. The molecule has 0 radical (unpaired) electrons. The summed E-state index contributed by atoms with van der Waals surface area (Å²) in [5.41, 5.74) is 0.631. The molecule has 1 aromatic heterocycles. The Morgan fingerprint density at radius 2 is 2.03 bits per heavy atom. The summed E-state index contributed by atoms with van der Waals surface area (Å²) in [7, 11) is 0. The van der Waals surface area contributed by atoms with Gasteiger partial charge in [-0.1, -0.05) is 26.2 Å². The van der Waals surface area contributed by atoms with Crippen molar-refractivity contribution in [2.45, 2.75) is 75.3 Å². The monoisotopic (exact) mass is 476 g/mol. The Balaban J connectivity index is 1.35.